The molecule has 0 aromatic heterocycles. The van der Waals surface area contributed by atoms with Gasteiger partial charge in [-0.05, 0) is 37.6 Å². The second-order valence-corrected chi connectivity index (χ2v) is 5.41. The summed E-state index contributed by atoms with van der Waals surface area (Å²) in [6.07, 6.45) is -2.25. The molecule has 1 rings (SSSR count). The minimum absolute atomic E-state index is 0.0804. The van der Waals surface area contributed by atoms with E-state index in [0.29, 0.717) is 6.54 Å². The monoisotopic (exact) mass is 302 g/mol. The zero-order chi connectivity index (χ0) is 15.9. The van der Waals surface area contributed by atoms with Crippen LogP contribution in [-0.4, -0.2) is 37.8 Å². The Kier molecular flexibility index (Phi) is 7.18. The summed E-state index contributed by atoms with van der Waals surface area (Å²) < 4.78 is 37.3. The molecule has 0 saturated carbocycles. The molecule has 0 aliphatic heterocycles. The molecule has 1 aromatic rings. The van der Waals surface area contributed by atoms with Crippen LogP contribution in [0.2, 0.25) is 0 Å². The minimum Gasteiger partial charge on any atom is -0.309 e. The number of nitrogens with zero attached hydrogens (tertiary/aromatic N) is 1. The second-order valence-electron chi connectivity index (χ2n) is 5.41. The van der Waals surface area contributed by atoms with E-state index in [1.165, 1.54) is 17.5 Å². The maximum absolute atomic E-state index is 12.4. The van der Waals surface area contributed by atoms with Crippen molar-refractivity contribution >= 4 is 0 Å². The molecule has 0 saturated heterocycles. The standard InChI is InChI=1S/C16H25F3N2/c1-4-10-20-15(11-21(3)12-16(17,18)19)14-8-6-13(5-2)7-9-14/h6-9,15,20H,4-5,10-12H2,1-3H3. The van der Waals surface area contributed by atoms with Crippen LogP contribution in [0.4, 0.5) is 13.2 Å². The van der Waals surface area contributed by atoms with Crippen molar-refractivity contribution in [3.8, 4) is 0 Å². The van der Waals surface area contributed by atoms with E-state index < -0.39 is 12.7 Å². The van der Waals surface area contributed by atoms with Crippen molar-refractivity contribution in [2.75, 3.05) is 26.7 Å². The van der Waals surface area contributed by atoms with E-state index >= 15 is 0 Å². The normalized spacial score (nSPS) is 13.7. The highest BCUT2D eigenvalue weighted by Crippen LogP contribution is 2.19. The molecule has 0 radical (unpaired) electrons. The number of halogens is 3. The molecule has 1 unspecified atom stereocenters. The van der Waals surface area contributed by atoms with Crippen LogP contribution < -0.4 is 5.32 Å². The topological polar surface area (TPSA) is 15.3 Å². The molecule has 0 heterocycles. The van der Waals surface area contributed by atoms with E-state index in [0.717, 1.165) is 24.9 Å². The molecule has 0 fully saturated rings. The van der Waals surface area contributed by atoms with Crippen molar-refractivity contribution in [2.24, 2.45) is 0 Å². The summed E-state index contributed by atoms with van der Waals surface area (Å²) in [6, 6.07) is 8.02. The van der Waals surface area contributed by atoms with Crippen molar-refractivity contribution < 1.29 is 13.2 Å². The number of likely N-dealkylation sites (N-methyl/N-ethyl adjacent to an activating group) is 1. The highest BCUT2D eigenvalue weighted by Gasteiger charge is 2.30. The third kappa shape index (κ3) is 6.96. The van der Waals surface area contributed by atoms with Gasteiger partial charge >= 0.3 is 6.18 Å². The third-order valence-electron chi connectivity index (χ3n) is 3.37. The lowest BCUT2D eigenvalue weighted by Crippen LogP contribution is -2.38. The number of benzene rings is 1. The summed E-state index contributed by atoms with van der Waals surface area (Å²) in [7, 11) is 1.51. The van der Waals surface area contributed by atoms with Gasteiger partial charge in [-0.1, -0.05) is 38.1 Å². The number of nitrogens with one attached hydrogen (secondary N) is 1. The molecule has 2 nitrogen and oxygen atoms in total. The largest absolute Gasteiger partial charge is 0.401 e. The van der Waals surface area contributed by atoms with Crippen LogP contribution in [0.5, 0.6) is 0 Å². The van der Waals surface area contributed by atoms with E-state index in [4.69, 9.17) is 0 Å². The number of alkyl halides is 3. The minimum atomic E-state index is -4.16. The van der Waals surface area contributed by atoms with Gasteiger partial charge in [0.1, 0.15) is 0 Å². The Morgan fingerprint density at radius 2 is 1.76 bits per heavy atom. The number of hydrogen-bond donors (Lipinski definition) is 1. The molecule has 1 atom stereocenters. The van der Waals surface area contributed by atoms with Crippen molar-refractivity contribution in [1.82, 2.24) is 10.2 Å². The molecular weight excluding hydrogens is 277 g/mol. The van der Waals surface area contributed by atoms with Crippen LogP contribution in [0.3, 0.4) is 0 Å². The van der Waals surface area contributed by atoms with Crippen molar-refractivity contribution in [1.29, 1.82) is 0 Å². The van der Waals surface area contributed by atoms with Crippen LogP contribution in [0.15, 0.2) is 24.3 Å². The Morgan fingerprint density at radius 3 is 2.24 bits per heavy atom. The van der Waals surface area contributed by atoms with Crippen molar-refractivity contribution in [2.45, 2.75) is 38.9 Å². The van der Waals surface area contributed by atoms with Crippen LogP contribution in [0.1, 0.15) is 37.4 Å². The Morgan fingerprint density at radius 1 is 1.14 bits per heavy atom. The Labute approximate surface area is 125 Å². The molecular formula is C16H25F3N2. The molecule has 0 aliphatic rings. The van der Waals surface area contributed by atoms with Crippen LogP contribution in [-0.2, 0) is 6.42 Å². The zero-order valence-corrected chi connectivity index (χ0v) is 13.0. The fourth-order valence-corrected chi connectivity index (χ4v) is 2.27. The maximum Gasteiger partial charge on any atom is 0.401 e. The van der Waals surface area contributed by atoms with E-state index in [-0.39, 0.29) is 6.04 Å². The van der Waals surface area contributed by atoms with Gasteiger partial charge in [-0.2, -0.15) is 13.2 Å². The summed E-state index contributed by atoms with van der Waals surface area (Å²) in [5.41, 5.74) is 2.27. The van der Waals surface area contributed by atoms with Gasteiger partial charge in [0, 0.05) is 12.6 Å². The van der Waals surface area contributed by atoms with Gasteiger partial charge in [0.15, 0.2) is 0 Å². The second kappa shape index (κ2) is 8.39. The highest BCUT2D eigenvalue weighted by molar-refractivity contribution is 5.25. The first kappa shape index (κ1) is 18.0. The van der Waals surface area contributed by atoms with Crippen molar-refractivity contribution in [3.05, 3.63) is 35.4 Å². The first-order valence-electron chi connectivity index (χ1n) is 7.43. The quantitative estimate of drug-likeness (QED) is 0.786. The van der Waals surface area contributed by atoms with Crippen LogP contribution >= 0.6 is 0 Å². The van der Waals surface area contributed by atoms with Gasteiger partial charge in [-0.3, -0.25) is 4.90 Å². The lowest BCUT2D eigenvalue weighted by atomic mass is 10.0. The van der Waals surface area contributed by atoms with Gasteiger partial charge in [0.2, 0.25) is 0 Å². The predicted octanol–water partition coefficient (Wildman–Crippen LogP) is 3.78. The lowest BCUT2D eigenvalue weighted by Gasteiger charge is -2.26. The fraction of sp³-hybridized carbons (Fsp3) is 0.625. The van der Waals surface area contributed by atoms with Gasteiger partial charge < -0.3 is 5.32 Å². The summed E-state index contributed by atoms with van der Waals surface area (Å²) in [4.78, 5) is 1.32. The lowest BCUT2D eigenvalue weighted by molar-refractivity contribution is -0.143. The average molecular weight is 302 g/mol. The number of rotatable bonds is 8. The molecule has 0 amide bonds. The number of hydrogen-bond acceptors (Lipinski definition) is 2. The summed E-state index contributed by atoms with van der Waals surface area (Å²) >= 11 is 0. The molecule has 1 aromatic carbocycles. The molecule has 0 bridgehead atoms. The first-order chi connectivity index (χ1) is 9.85. The fourth-order valence-electron chi connectivity index (χ4n) is 2.27. The molecule has 1 N–H and O–H groups in total. The number of aryl methyl sites for hydroxylation is 1. The van der Waals surface area contributed by atoms with E-state index in [1.807, 2.05) is 31.2 Å². The van der Waals surface area contributed by atoms with Gasteiger partial charge in [-0.15, -0.1) is 0 Å². The smallest absolute Gasteiger partial charge is 0.309 e. The Bertz CT molecular complexity index is 401. The van der Waals surface area contributed by atoms with E-state index in [1.54, 1.807) is 0 Å². The van der Waals surface area contributed by atoms with E-state index in [2.05, 4.69) is 12.2 Å². The third-order valence-corrected chi connectivity index (χ3v) is 3.37. The SMILES string of the molecule is CCCNC(CN(C)CC(F)(F)F)c1ccc(CC)cc1. The summed E-state index contributed by atoms with van der Waals surface area (Å²) in [5.74, 6) is 0. The van der Waals surface area contributed by atoms with Crippen LogP contribution in [0, 0.1) is 0 Å². The predicted molar refractivity (Wildman–Crippen MR) is 80.4 cm³/mol. The molecule has 0 aliphatic carbocycles. The first-order valence-corrected chi connectivity index (χ1v) is 7.43. The van der Waals surface area contributed by atoms with E-state index in [9.17, 15) is 13.2 Å². The van der Waals surface area contributed by atoms with Gasteiger partial charge in [-0.25, -0.2) is 0 Å². The Balaban J connectivity index is 2.74. The molecule has 0 spiro atoms. The molecule has 21 heavy (non-hydrogen) atoms. The summed E-state index contributed by atoms with van der Waals surface area (Å²) in [6.45, 7) is 4.37. The van der Waals surface area contributed by atoms with Crippen molar-refractivity contribution in [3.63, 3.8) is 0 Å². The Hall–Kier alpha value is -1.07. The molecule has 5 heteroatoms. The van der Waals surface area contributed by atoms with Gasteiger partial charge in [0.25, 0.3) is 0 Å². The molecule has 120 valence electrons. The zero-order valence-electron chi connectivity index (χ0n) is 13.0. The van der Waals surface area contributed by atoms with Crippen LogP contribution in [0.25, 0.3) is 0 Å². The highest BCUT2D eigenvalue weighted by atomic mass is 19.4. The average Bonchev–Trinajstić information content (AvgIpc) is 2.41. The maximum atomic E-state index is 12.4. The van der Waals surface area contributed by atoms with Gasteiger partial charge in [0.05, 0.1) is 6.54 Å². The summed E-state index contributed by atoms with van der Waals surface area (Å²) in [5, 5.41) is 3.33.